The molecule has 5 fully saturated rings. The van der Waals surface area contributed by atoms with E-state index in [2.05, 4.69) is 56.2 Å². The number of methoxy groups -OCH3 is 3. The van der Waals surface area contributed by atoms with Crippen LogP contribution in [0.1, 0.15) is 242 Å². The minimum atomic E-state index is -0.723. The molecular formula is C63H110O14. The zero-order chi connectivity index (χ0) is 57.9. The molecule has 14 heteroatoms. The average molecular weight is 1090 g/mol. The van der Waals surface area contributed by atoms with Crippen molar-refractivity contribution in [3.05, 3.63) is 12.2 Å². The van der Waals surface area contributed by atoms with E-state index in [9.17, 15) is 48.9 Å². The third-order valence-corrected chi connectivity index (χ3v) is 17.0. The van der Waals surface area contributed by atoms with Crippen LogP contribution in [0.15, 0.2) is 12.2 Å². The van der Waals surface area contributed by atoms with Crippen LogP contribution < -0.4 is 0 Å². The number of unbranched alkanes of at least 4 members (excludes halogenated alkanes) is 6. The van der Waals surface area contributed by atoms with E-state index >= 15 is 0 Å². The van der Waals surface area contributed by atoms with Crippen molar-refractivity contribution in [1.82, 2.24) is 0 Å². The first-order valence-electron chi connectivity index (χ1n) is 30.3. The van der Waals surface area contributed by atoms with Gasteiger partial charge in [-0.05, 0) is 133 Å². The number of ketones is 3. The first-order valence-corrected chi connectivity index (χ1v) is 30.3. The Balaban J connectivity index is 0.000000483. The third kappa shape index (κ3) is 28.5. The van der Waals surface area contributed by atoms with Crippen LogP contribution in [-0.2, 0) is 52.5 Å². The number of Topliss-reactive ketones (excluding diaryl/α,β-unsaturated/α-hetero) is 3. The Hall–Kier alpha value is -3.49. The van der Waals surface area contributed by atoms with Gasteiger partial charge in [0.05, 0.1) is 45.7 Å². The van der Waals surface area contributed by atoms with Crippen molar-refractivity contribution in [2.75, 3.05) is 27.9 Å². The second kappa shape index (κ2) is 40.6. The fourth-order valence-corrected chi connectivity index (χ4v) is 12.4. The van der Waals surface area contributed by atoms with Gasteiger partial charge in [-0.25, -0.2) is 0 Å². The molecule has 446 valence electrons. The summed E-state index contributed by atoms with van der Waals surface area (Å²) in [5.41, 5.74) is -0.723. The highest BCUT2D eigenvalue weighted by Gasteiger charge is 2.39. The van der Waals surface area contributed by atoms with E-state index in [-0.39, 0.29) is 77.5 Å². The maximum absolute atomic E-state index is 11.8. The lowest BCUT2D eigenvalue weighted by molar-refractivity contribution is -0.145. The van der Waals surface area contributed by atoms with Gasteiger partial charge < -0.3 is 34.3 Å². The van der Waals surface area contributed by atoms with Crippen LogP contribution >= 0.6 is 0 Å². The molecule has 0 spiro atoms. The summed E-state index contributed by atoms with van der Waals surface area (Å²) in [7, 11) is 4.23. The maximum Gasteiger partial charge on any atom is 0.306 e. The van der Waals surface area contributed by atoms with Gasteiger partial charge >= 0.3 is 23.9 Å². The van der Waals surface area contributed by atoms with Gasteiger partial charge in [0.15, 0.2) is 0 Å². The minimum Gasteiger partial charge on any atom is -0.469 e. The van der Waals surface area contributed by atoms with E-state index in [1.165, 1.54) is 59.9 Å². The van der Waals surface area contributed by atoms with E-state index in [1.54, 1.807) is 13.8 Å². The van der Waals surface area contributed by atoms with Crippen molar-refractivity contribution >= 4 is 41.2 Å². The lowest BCUT2D eigenvalue weighted by Gasteiger charge is -2.38. The number of esters is 4. The van der Waals surface area contributed by atoms with Crippen LogP contribution in [-0.4, -0.2) is 102 Å². The number of aliphatic hydroxyl groups is 3. The number of allylic oxidation sites excluding steroid dienone is 2. The molecule has 12 atom stereocenters. The number of carbonyl (C=O) groups excluding carboxylic acids is 7. The monoisotopic (exact) mass is 1090 g/mol. The number of ether oxygens (including phenoxy) is 4. The molecule has 12 unspecified atom stereocenters. The standard InChI is InChI=1S/C14H24O3.C13H24O3.C13H22O3.C13H20O3.C10H20O2/c1-3-5-6-7-12-11(8-9-13(12)15)10-14(16)17-4-2;3*1-3-4-5-6-11-10(7-8-12(11)14)9-13(15)16-2;1-7-4-5-8(9(11)6-7)10(2,3)12/h11-12H,3-10H2,1-2H3;10-12,14H,3-9H2,1-2H3;10-11H,3-9H2,1-2H3;4-5,10-11H,3,6-9H2,1-2H3;7-9,11-12H,4-6H2,1-3H3/b;;;5-4-;. The number of hydrogen-bond acceptors (Lipinski definition) is 14. The minimum absolute atomic E-state index is 0.0295. The van der Waals surface area contributed by atoms with E-state index < -0.39 is 5.60 Å². The van der Waals surface area contributed by atoms with Gasteiger partial charge in [0.25, 0.3) is 0 Å². The van der Waals surface area contributed by atoms with Crippen LogP contribution in [0.5, 0.6) is 0 Å². The molecule has 0 aromatic carbocycles. The Kier molecular flexibility index (Phi) is 37.8. The van der Waals surface area contributed by atoms with Gasteiger partial charge in [-0.2, -0.15) is 0 Å². The third-order valence-electron chi connectivity index (χ3n) is 17.0. The normalized spacial score (nSPS) is 27.7. The van der Waals surface area contributed by atoms with Gasteiger partial charge in [0, 0.05) is 68.6 Å². The molecule has 0 amide bonds. The Labute approximate surface area is 466 Å². The number of carbonyl (C=O) groups is 7. The van der Waals surface area contributed by atoms with Gasteiger partial charge in [-0.3, -0.25) is 33.6 Å². The Morgan fingerprint density at radius 2 is 0.961 bits per heavy atom. The topological polar surface area (TPSA) is 217 Å². The SMILES string of the molecule is CC/C=C\CC1C(=O)CCC1CC(=O)OC.CC1CCC(C(C)(C)O)C(O)C1.CCCCCC1C(=O)CCC1CC(=O)OC.CCCCCC1C(=O)CCC1CC(=O)OCC.CCCCCC1C(O)CCC1CC(=O)OC. The van der Waals surface area contributed by atoms with Gasteiger partial charge in [0.2, 0.25) is 0 Å². The summed E-state index contributed by atoms with van der Waals surface area (Å²) in [4.78, 5) is 80.2. The molecule has 0 aliphatic heterocycles. The summed E-state index contributed by atoms with van der Waals surface area (Å²) in [6.07, 6.45) is 29.7. The van der Waals surface area contributed by atoms with Crippen molar-refractivity contribution in [2.45, 2.75) is 259 Å². The second-order valence-corrected chi connectivity index (χ2v) is 23.4. The highest BCUT2D eigenvalue weighted by molar-refractivity contribution is 5.85. The molecule has 0 aromatic rings. The van der Waals surface area contributed by atoms with Gasteiger partial charge in [0.1, 0.15) is 17.3 Å². The molecule has 0 bridgehead atoms. The van der Waals surface area contributed by atoms with Crippen LogP contribution in [0.2, 0.25) is 0 Å². The van der Waals surface area contributed by atoms with Gasteiger partial charge in [-0.15, -0.1) is 0 Å². The summed E-state index contributed by atoms with van der Waals surface area (Å²) >= 11 is 0. The first-order chi connectivity index (χ1) is 36.6. The highest BCUT2D eigenvalue weighted by Crippen LogP contribution is 2.40. The van der Waals surface area contributed by atoms with Crippen LogP contribution in [0.4, 0.5) is 0 Å². The summed E-state index contributed by atoms with van der Waals surface area (Å²) in [5.74, 6) is 2.57. The average Bonchev–Trinajstić information content (AvgIpc) is 4.13. The molecule has 3 N–H and O–H groups in total. The smallest absolute Gasteiger partial charge is 0.306 e. The van der Waals surface area contributed by atoms with Crippen LogP contribution in [0.3, 0.4) is 0 Å². The lowest BCUT2D eigenvalue weighted by Crippen LogP contribution is -2.42. The van der Waals surface area contributed by atoms with Crippen molar-refractivity contribution < 1.29 is 67.8 Å². The summed E-state index contributed by atoms with van der Waals surface area (Å²) in [5, 5.41) is 29.3. The maximum atomic E-state index is 11.8. The number of aliphatic hydroxyl groups excluding tert-OH is 2. The molecule has 0 radical (unpaired) electrons. The van der Waals surface area contributed by atoms with Crippen molar-refractivity contribution in [3.8, 4) is 0 Å². The van der Waals surface area contributed by atoms with Crippen molar-refractivity contribution in [1.29, 1.82) is 0 Å². The van der Waals surface area contributed by atoms with Crippen LogP contribution in [0.25, 0.3) is 0 Å². The second-order valence-electron chi connectivity index (χ2n) is 23.4. The molecule has 0 aromatic heterocycles. The summed E-state index contributed by atoms with van der Waals surface area (Å²) in [6.45, 7) is 16.5. The quantitative estimate of drug-likeness (QED) is 0.0335. The largest absolute Gasteiger partial charge is 0.469 e. The molecule has 5 aliphatic carbocycles. The van der Waals surface area contributed by atoms with E-state index in [1.807, 2.05) is 6.92 Å². The van der Waals surface area contributed by atoms with E-state index in [4.69, 9.17) is 9.47 Å². The Morgan fingerprint density at radius 1 is 0.532 bits per heavy atom. The predicted octanol–water partition coefficient (Wildman–Crippen LogP) is 12.4. The fourth-order valence-electron chi connectivity index (χ4n) is 12.4. The summed E-state index contributed by atoms with van der Waals surface area (Å²) in [6, 6.07) is 0. The summed E-state index contributed by atoms with van der Waals surface area (Å²) < 4.78 is 19.0. The van der Waals surface area contributed by atoms with Crippen molar-refractivity contribution in [3.63, 3.8) is 0 Å². The molecule has 77 heavy (non-hydrogen) atoms. The molecule has 5 aliphatic rings. The molecular weight excluding hydrogens is 981 g/mol. The van der Waals surface area contributed by atoms with Crippen molar-refractivity contribution in [2.24, 2.45) is 59.2 Å². The lowest BCUT2D eigenvalue weighted by atomic mass is 9.73. The van der Waals surface area contributed by atoms with Gasteiger partial charge in [-0.1, -0.05) is 111 Å². The first kappa shape index (κ1) is 71.5. The molecule has 5 saturated carbocycles. The predicted molar refractivity (Wildman–Crippen MR) is 302 cm³/mol. The molecule has 0 saturated heterocycles. The van der Waals surface area contributed by atoms with Crippen LogP contribution in [0, 0.1) is 59.2 Å². The molecule has 5 rings (SSSR count). The number of rotatable bonds is 25. The Bertz CT molecular complexity index is 1720. The zero-order valence-electron chi connectivity index (χ0n) is 50.1. The molecule has 14 nitrogen and oxygen atoms in total. The fraction of sp³-hybridized carbons (Fsp3) is 0.857. The highest BCUT2D eigenvalue weighted by atomic mass is 16.5. The Morgan fingerprint density at radius 3 is 1.38 bits per heavy atom. The number of hydrogen-bond donors (Lipinski definition) is 3. The van der Waals surface area contributed by atoms with E-state index in [0.717, 1.165) is 103 Å². The molecule has 0 heterocycles. The van der Waals surface area contributed by atoms with E-state index in [0.29, 0.717) is 86.7 Å². The zero-order valence-corrected chi connectivity index (χ0v) is 50.1.